The van der Waals surface area contributed by atoms with Gasteiger partial charge in [-0.2, -0.15) is 0 Å². The Hall–Kier alpha value is -2.80. The number of aromatic amines is 1. The van der Waals surface area contributed by atoms with Crippen molar-refractivity contribution in [2.45, 2.75) is 13.8 Å². The maximum absolute atomic E-state index is 5.27. The Balaban J connectivity index is 2.03. The van der Waals surface area contributed by atoms with Gasteiger partial charge < -0.3 is 9.51 Å². The fraction of sp³-hybridized carbons (Fsp3) is 0.125. The molecule has 0 aliphatic heterocycles. The van der Waals surface area contributed by atoms with Gasteiger partial charge in [-0.3, -0.25) is 0 Å². The lowest BCUT2D eigenvalue weighted by Gasteiger charge is -1.95. The Kier molecular flexibility index (Phi) is 3.10. The van der Waals surface area contributed by atoms with Crippen LogP contribution in [-0.4, -0.2) is 15.1 Å². The molecular weight excluding hydrogens is 250 g/mol. The Labute approximate surface area is 116 Å². The standard InChI is InChI=1S/C16H13N3O/c1-11-15(9-8-14-10-17-12(2)18-14)16(19-20-11)13-6-4-3-5-7-13/h3-7,10H,1-2H3,(H,17,18). The molecule has 1 aromatic carbocycles. The predicted molar refractivity (Wildman–Crippen MR) is 76.0 cm³/mol. The smallest absolute Gasteiger partial charge is 0.149 e. The van der Waals surface area contributed by atoms with Gasteiger partial charge in [0.25, 0.3) is 0 Å². The SMILES string of the molecule is Cc1ncc(C#Cc2c(-c3ccccc3)noc2C)[nH]1. The van der Waals surface area contributed by atoms with Crippen molar-refractivity contribution in [1.29, 1.82) is 0 Å². The van der Waals surface area contributed by atoms with Gasteiger partial charge in [0.15, 0.2) is 0 Å². The highest BCUT2D eigenvalue weighted by atomic mass is 16.5. The first-order valence-electron chi connectivity index (χ1n) is 6.29. The molecule has 0 aliphatic carbocycles. The van der Waals surface area contributed by atoms with Crippen molar-refractivity contribution in [1.82, 2.24) is 15.1 Å². The highest BCUT2D eigenvalue weighted by Crippen LogP contribution is 2.24. The van der Waals surface area contributed by atoms with E-state index < -0.39 is 0 Å². The van der Waals surface area contributed by atoms with Gasteiger partial charge in [-0.05, 0) is 19.8 Å². The van der Waals surface area contributed by atoms with Gasteiger partial charge in [0, 0.05) is 5.56 Å². The first-order chi connectivity index (χ1) is 9.74. The molecule has 0 saturated carbocycles. The van der Waals surface area contributed by atoms with E-state index in [-0.39, 0.29) is 0 Å². The Morgan fingerprint density at radius 3 is 2.60 bits per heavy atom. The molecule has 2 aromatic heterocycles. The third kappa shape index (κ3) is 2.34. The van der Waals surface area contributed by atoms with Crippen LogP contribution in [0.25, 0.3) is 11.3 Å². The first kappa shape index (κ1) is 12.2. The van der Waals surface area contributed by atoms with Gasteiger partial charge in [-0.1, -0.05) is 41.4 Å². The third-order valence-corrected chi connectivity index (χ3v) is 2.93. The maximum Gasteiger partial charge on any atom is 0.149 e. The summed E-state index contributed by atoms with van der Waals surface area (Å²) in [5, 5.41) is 4.10. The fourth-order valence-corrected chi connectivity index (χ4v) is 1.93. The minimum absolute atomic E-state index is 0.715. The lowest BCUT2D eigenvalue weighted by Crippen LogP contribution is -1.83. The van der Waals surface area contributed by atoms with Crippen molar-refractivity contribution in [3.8, 4) is 23.1 Å². The summed E-state index contributed by atoms with van der Waals surface area (Å²) < 4.78 is 5.27. The zero-order chi connectivity index (χ0) is 13.9. The summed E-state index contributed by atoms with van der Waals surface area (Å²) in [6, 6.07) is 9.88. The van der Waals surface area contributed by atoms with Gasteiger partial charge in [0.05, 0.1) is 11.8 Å². The van der Waals surface area contributed by atoms with Crippen LogP contribution < -0.4 is 0 Å². The number of aromatic nitrogens is 3. The van der Waals surface area contributed by atoms with Crippen LogP contribution in [0.5, 0.6) is 0 Å². The first-order valence-corrected chi connectivity index (χ1v) is 6.29. The molecule has 1 N–H and O–H groups in total. The molecule has 0 radical (unpaired) electrons. The predicted octanol–water partition coefficient (Wildman–Crippen LogP) is 3.08. The van der Waals surface area contributed by atoms with Crippen molar-refractivity contribution in [3.63, 3.8) is 0 Å². The summed E-state index contributed by atoms with van der Waals surface area (Å²) >= 11 is 0. The Morgan fingerprint density at radius 2 is 1.90 bits per heavy atom. The zero-order valence-corrected chi connectivity index (χ0v) is 11.3. The summed E-state index contributed by atoms with van der Waals surface area (Å²) in [5.74, 6) is 7.73. The minimum atomic E-state index is 0.715. The number of nitrogens with zero attached hydrogens (tertiary/aromatic N) is 2. The number of H-pyrrole nitrogens is 1. The highest BCUT2D eigenvalue weighted by molar-refractivity contribution is 5.68. The molecular formula is C16H13N3O. The molecule has 3 rings (SSSR count). The van der Waals surface area contributed by atoms with Gasteiger partial charge in [0.1, 0.15) is 23.0 Å². The molecule has 98 valence electrons. The van der Waals surface area contributed by atoms with Crippen LogP contribution in [-0.2, 0) is 0 Å². The monoisotopic (exact) mass is 263 g/mol. The minimum Gasteiger partial charge on any atom is -0.360 e. The van der Waals surface area contributed by atoms with Crippen molar-refractivity contribution < 1.29 is 4.52 Å². The van der Waals surface area contributed by atoms with E-state index in [0.29, 0.717) is 5.76 Å². The molecule has 0 fully saturated rings. The Bertz CT molecular complexity index is 788. The number of benzene rings is 1. The quantitative estimate of drug-likeness (QED) is 0.686. The van der Waals surface area contributed by atoms with E-state index in [2.05, 4.69) is 27.0 Å². The van der Waals surface area contributed by atoms with Crippen LogP contribution in [0.3, 0.4) is 0 Å². The van der Waals surface area contributed by atoms with E-state index in [1.165, 1.54) is 0 Å². The largest absolute Gasteiger partial charge is 0.360 e. The fourth-order valence-electron chi connectivity index (χ4n) is 1.93. The molecule has 0 bridgehead atoms. The summed E-state index contributed by atoms with van der Waals surface area (Å²) in [4.78, 5) is 7.20. The molecule has 0 aliphatic rings. The normalized spacial score (nSPS) is 10.1. The number of hydrogen-bond donors (Lipinski definition) is 1. The molecule has 2 heterocycles. The van der Waals surface area contributed by atoms with Gasteiger partial charge in [-0.15, -0.1) is 0 Å². The molecule has 3 aromatic rings. The summed E-state index contributed by atoms with van der Waals surface area (Å²) in [7, 11) is 0. The van der Waals surface area contributed by atoms with E-state index in [9.17, 15) is 0 Å². The molecule has 20 heavy (non-hydrogen) atoms. The van der Waals surface area contributed by atoms with Gasteiger partial charge in [0.2, 0.25) is 0 Å². The summed E-state index contributed by atoms with van der Waals surface area (Å²) in [6.45, 7) is 3.76. The number of nitrogens with one attached hydrogen (secondary N) is 1. The maximum atomic E-state index is 5.27. The second-order valence-electron chi connectivity index (χ2n) is 4.46. The zero-order valence-electron chi connectivity index (χ0n) is 11.3. The van der Waals surface area contributed by atoms with E-state index in [1.54, 1.807) is 6.20 Å². The van der Waals surface area contributed by atoms with Gasteiger partial charge in [-0.25, -0.2) is 4.98 Å². The van der Waals surface area contributed by atoms with Crippen molar-refractivity contribution in [3.05, 3.63) is 59.4 Å². The van der Waals surface area contributed by atoms with Crippen LogP contribution in [0.4, 0.5) is 0 Å². The molecule has 0 atom stereocenters. The number of hydrogen-bond acceptors (Lipinski definition) is 3. The summed E-state index contributed by atoms with van der Waals surface area (Å²) in [6.07, 6.45) is 1.72. The van der Waals surface area contributed by atoms with Crippen molar-refractivity contribution in [2.75, 3.05) is 0 Å². The molecule has 0 spiro atoms. The van der Waals surface area contributed by atoms with Crippen molar-refractivity contribution in [2.24, 2.45) is 0 Å². The van der Waals surface area contributed by atoms with Crippen molar-refractivity contribution >= 4 is 0 Å². The van der Waals surface area contributed by atoms with E-state index in [0.717, 1.165) is 28.3 Å². The lowest BCUT2D eigenvalue weighted by molar-refractivity contribution is 0.399. The molecule has 4 heteroatoms. The van der Waals surface area contributed by atoms with E-state index in [4.69, 9.17) is 4.52 Å². The third-order valence-electron chi connectivity index (χ3n) is 2.93. The average molecular weight is 263 g/mol. The molecule has 0 unspecified atom stereocenters. The van der Waals surface area contributed by atoms with E-state index >= 15 is 0 Å². The Morgan fingerprint density at radius 1 is 1.10 bits per heavy atom. The average Bonchev–Trinajstić information content (AvgIpc) is 3.04. The highest BCUT2D eigenvalue weighted by Gasteiger charge is 2.12. The van der Waals surface area contributed by atoms with Crippen LogP contribution in [0.2, 0.25) is 0 Å². The number of aryl methyl sites for hydroxylation is 2. The molecule has 0 amide bonds. The second kappa shape index (κ2) is 5.06. The molecule has 4 nitrogen and oxygen atoms in total. The van der Waals surface area contributed by atoms with Crippen LogP contribution >= 0.6 is 0 Å². The van der Waals surface area contributed by atoms with Crippen LogP contribution in [0.1, 0.15) is 22.8 Å². The number of rotatable bonds is 1. The van der Waals surface area contributed by atoms with Gasteiger partial charge >= 0.3 is 0 Å². The summed E-state index contributed by atoms with van der Waals surface area (Å²) in [5.41, 5.74) is 3.35. The van der Waals surface area contributed by atoms with Crippen LogP contribution in [0, 0.1) is 25.7 Å². The number of imidazole rings is 1. The second-order valence-corrected chi connectivity index (χ2v) is 4.46. The molecule has 0 saturated heterocycles. The van der Waals surface area contributed by atoms with E-state index in [1.807, 2.05) is 44.2 Å². The lowest BCUT2D eigenvalue weighted by atomic mass is 10.1. The van der Waals surface area contributed by atoms with Crippen LogP contribution in [0.15, 0.2) is 41.1 Å². The topological polar surface area (TPSA) is 54.7 Å².